The molecule has 2 amide bonds. The lowest BCUT2D eigenvalue weighted by atomic mass is 10.3. The molecule has 0 aliphatic carbocycles. The molecule has 0 radical (unpaired) electrons. The van der Waals surface area contributed by atoms with Gasteiger partial charge in [0.2, 0.25) is 0 Å². The Morgan fingerprint density at radius 3 is 2.05 bits per heavy atom. The monoisotopic (exact) mass is 281 g/mol. The van der Waals surface area contributed by atoms with E-state index in [9.17, 15) is 9.59 Å². The van der Waals surface area contributed by atoms with Gasteiger partial charge >= 0.3 is 0 Å². The quantitative estimate of drug-likeness (QED) is 0.593. The predicted molar refractivity (Wildman–Crippen MR) is 75.2 cm³/mol. The molecule has 0 bridgehead atoms. The Hall–Kier alpha value is -1.24. The highest BCUT2D eigenvalue weighted by Crippen LogP contribution is 2.06. The normalized spacial score (nSPS) is 21.1. The van der Waals surface area contributed by atoms with Crippen molar-refractivity contribution in [3.63, 3.8) is 0 Å². The van der Waals surface area contributed by atoms with E-state index in [4.69, 9.17) is 4.74 Å². The fraction of sp³-hybridized carbons (Fsp3) is 0.714. The van der Waals surface area contributed by atoms with Crippen molar-refractivity contribution >= 4 is 11.8 Å². The maximum absolute atomic E-state index is 11.4. The molecule has 6 heteroatoms. The predicted octanol–water partition coefficient (Wildman–Crippen LogP) is -0.434. The molecule has 6 nitrogen and oxygen atoms in total. The van der Waals surface area contributed by atoms with Crippen LogP contribution in [0.5, 0.6) is 0 Å². The Labute approximate surface area is 119 Å². The highest BCUT2D eigenvalue weighted by atomic mass is 16.5. The van der Waals surface area contributed by atoms with E-state index in [1.807, 2.05) is 0 Å². The van der Waals surface area contributed by atoms with E-state index in [1.54, 1.807) is 7.11 Å². The molecule has 1 fully saturated rings. The van der Waals surface area contributed by atoms with Gasteiger partial charge in [-0.2, -0.15) is 0 Å². The van der Waals surface area contributed by atoms with Crippen molar-refractivity contribution in [2.75, 3.05) is 59.5 Å². The third-order valence-electron chi connectivity index (χ3n) is 3.83. The maximum Gasteiger partial charge on any atom is 0.253 e. The van der Waals surface area contributed by atoms with Crippen molar-refractivity contribution in [2.45, 2.75) is 6.42 Å². The van der Waals surface area contributed by atoms with Crippen LogP contribution in [-0.4, -0.2) is 86.0 Å². The van der Waals surface area contributed by atoms with Gasteiger partial charge in [0.1, 0.15) is 0 Å². The van der Waals surface area contributed by atoms with Crippen LogP contribution in [0.1, 0.15) is 6.42 Å². The van der Waals surface area contributed by atoms with Gasteiger partial charge < -0.3 is 9.64 Å². The van der Waals surface area contributed by atoms with Crippen molar-refractivity contribution in [2.24, 2.45) is 0 Å². The summed E-state index contributed by atoms with van der Waals surface area (Å²) in [7, 11) is 1.73. The third kappa shape index (κ3) is 4.13. The molecule has 0 aromatic heterocycles. The van der Waals surface area contributed by atoms with Crippen LogP contribution in [0.4, 0.5) is 0 Å². The summed E-state index contributed by atoms with van der Waals surface area (Å²) in [6.07, 6.45) is 3.53. The first-order valence-electron chi connectivity index (χ1n) is 7.18. The maximum atomic E-state index is 11.4. The third-order valence-corrected chi connectivity index (χ3v) is 3.83. The van der Waals surface area contributed by atoms with Crippen molar-refractivity contribution < 1.29 is 14.3 Å². The lowest BCUT2D eigenvalue weighted by molar-refractivity contribution is -0.136. The molecule has 0 N–H and O–H groups in total. The van der Waals surface area contributed by atoms with Crippen LogP contribution in [0, 0.1) is 0 Å². The molecular weight excluding hydrogens is 258 g/mol. The molecule has 112 valence electrons. The van der Waals surface area contributed by atoms with Gasteiger partial charge in [-0.3, -0.25) is 19.4 Å². The van der Waals surface area contributed by atoms with Gasteiger partial charge in [-0.25, -0.2) is 0 Å². The van der Waals surface area contributed by atoms with Crippen molar-refractivity contribution in [1.29, 1.82) is 0 Å². The zero-order chi connectivity index (χ0) is 14.4. The highest BCUT2D eigenvalue weighted by molar-refractivity contribution is 6.12. The Kier molecular flexibility index (Phi) is 5.70. The number of carbonyl (C=O) groups excluding carboxylic acids is 2. The fourth-order valence-corrected chi connectivity index (χ4v) is 2.56. The van der Waals surface area contributed by atoms with Crippen LogP contribution in [-0.2, 0) is 14.3 Å². The highest BCUT2D eigenvalue weighted by Gasteiger charge is 2.23. The van der Waals surface area contributed by atoms with Gasteiger partial charge in [0.05, 0.1) is 6.61 Å². The van der Waals surface area contributed by atoms with E-state index in [0.29, 0.717) is 6.54 Å². The van der Waals surface area contributed by atoms with E-state index >= 15 is 0 Å². The second kappa shape index (κ2) is 7.52. The smallest absolute Gasteiger partial charge is 0.253 e. The summed E-state index contributed by atoms with van der Waals surface area (Å²) in [5, 5.41) is 0. The molecule has 0 saturated carbocycles. The zero-order valence-corrected chi connectivity index (χ0v) is 12.1. The van der Waals surface area contributed by atoms with E-state index in [2.05, 4.69) is 9.80 Å². The summed E-state index contributed by atoms with van der Waals surface area (Å²) in [6.45, 7) is 7.45. The number of carbonyl (C=O) groups is 2. The van der Waals surface area contributed by atoms with Crippen molar-refractivity contribution in [3.8, 4) is 0 Å². The lowest BCUT2D eigenvalue weighted by Gasteiger charge is -2.34. The number of piperazine rings is 1. The van der Waals surface area contributed by atoms with E-state index < -0.39 is 0 Å². The second-order valence-corrected chi connectivity index (χ2v) is 5.19. The van der Waals surface area contributed by atoms with Crippen LogP contribution in [0.15, 0.2) is 12.2 Å². The summed E-state index contributed by atoms with van der Waals surface area (Å²) in [5.41, 5.74) is 0. The minimum Gasteiger partial charge on any atom is -0.383 e. The summed E-state index contributed by atoms with van der Waals surface area (Å²) in [5.74, 6) is -0.362. The molecular formula is C14H23N3O3. The minimum absolute atomic E-state index is 0.181. The first-order valence-corrected chi connectivity index (χ1v) is 7.18. The molecule has 2 rings (SSSR count). The SMILES string of the molecule is COCCN1CCN(CCCN2C(=O)C=CC2=O)CC1. The molecule has 2 aliphatic rings. The standard InChI is InChI=1S/C14H23N3O3/c1-20-12-11-16-9-7-15(8-10-16)5-2-6-17-13(18)3-4-14(17)19/h3-4H,2,5-12H2,1H3. The largest absolute Gasteiger partial charge is 0.383 e. The minimum atomic E-state index is -0.181. The van der Waals surface area contributed by atoms with Gasteiger partial charge in [0.25, 0.3) is 11.8 Å². The number of imide groups is 1. The van der Waals surface area contributed by atoms with Crippen molar-refractivity contribution in [1.82, 2.24) is 14.7 Å². The molecule has 1 saturated heterocycles. The van der Waals surface area contributed by atoms with E-state index in [-0.39, 0.29) is 11.8 Å². The molecule has 20 heavy (non-hydrogen) atoms. The van der Waals surface area contributed by atoms with Crippen molar-refractivity contribution in [3.05, 3.63) is 12.2 Å². The molecule has 2 heterocycles. The number of rotatable bonds is 7. The summed E-state index contributed by atoms with van der Waals surface area (Å²) in [4.78, 5) is 28.9. The molecule has 0 unspecified atom stereocenters. The fourth-order valence-electron chi connectivity index (χ4n) is 2.56. The lowest BCUT2D eigenvalue weighted by Crippen LogP contribution is -2.47. The molecule has 0 spiro atoms. The number of nitrogens with zero attached hydrogens (tertiary/aromatic N) is 3. The first kappa shape index (κ1) is 15.2. The van der Waals surface area contributed by atoms with Gasteiger partial charge in [-0.05, 0) is 13.0 Å². The first-order chi connectivity index (χ1) is 9.70. The van der Waals surface area contributed by atoms with Gasteiger partial charge in [0, 0.05) is 58.5 Å². The van der Waals surface area contributed by atoms with Gasteiger partial charge in [-0.15, -0.1) is 0 Å². The summed E-state index contributed by atoms with van der Waals surface area (Å²) < 4.78 is 5.08. The van der Waals surface area contributed by atoms with Crippen LogP contribution < -0.4 is 0 Å². The molecule has 2 aliphatic heterocycles. The summed E-state index contributed by atoms with van der Waals surface area (Å²) in [6, 6.07) is 0. The number of amides is 2. The number of methoxy groups -OCH3 is 1. The zero-order valence-electron chi connectivity index (χ0n) is 12.1. The van der Waals surface area contributed by atoms with Crippen LogP contribution >= 0.6 is 0 Å². The average molecular weight is 281 g/mol. The number of hydrogen-bond donors (Lipinski definition) is 0. The number of ether oxygens (including phenoxy) is 1. The second-order valence-electron chi connectivity index (χ2n) is 5.19. The Bertz CT molecular complexity index is 358. The van der Waals surface area contributed by atoms with Gasteiger partial charge in [0.15, 0.2) is 0 Å². The average Bonchev–Trinajstić information content (AvgIpc) is 2.78. The van der Waals surface area contributed by atoms with E-state index in [1.165, 1.54) is 17.1 Å². The summed E-state index contributed by atoms with van der Waals surface area (Å²) >= 11 is 0. The van der Waals surface area contributed by atoms with Crippen LogP contribution in [0.2, 0.25) is 0 Å². The number of hydrogen-bond acceptors (Lipinski definition) is 5. The molecule has 0 aromatic carbocycles. The Balaban J connectivity index is 1.59. The topological polar surface area (TPSA) is 53.1 Å². The van der Waals surface area contributed by atoms with Crippen LogP contribution in [0.25, 0.3) is 0 Å². The Morgan fingerprint density at radius 1 is 0.950 bits per heavy atom. The molecule has 0 aromatic rings. The van der Waals surface area contributed by atoms with E-state index in [0.717, 1.165) is 52.3 Å². The molecule has 0 atom stereocenters. The van der Waals surface area contributed by atoms with Crippen LogP contribution in [0.3, 0.4) is 0 Å². The van der Waals surface area contributed by atoms with Gasteiger partial charge in [-0.1, -0.05) is 0 Å². The Morgan fingerprint density at radius 2 is 1.50 bits per heavy atom.